The average molecular weight is 312 g/mol. The van der Waals surface area contributed by atoms with Gasteiger partial charge in [0.2, 0.25) is 0 Å². The fourth-order valence-corrected chi connectivity index (χ4v) is 1.99. The molecule has 104 valence electrons. The lowest BCUT2D eigenvalue weighted by Gasteiger charge is -2.05. The largest absolute Gasteiger partial charge is 0.462 e. The van der Waals surface area contributed by atoms with E-state index in [-0.39, 0.29) is 17.7 Å². The van der Waals surface area contributed by atoms with Gasteiger partial charge in [-0.05, 0) is 30.7 Å². The third-order valence-corrected chi connectivity index (χ3v) is 3.38. The lowest BCUT2D eigenvalue weighted by Crippen LogP contribution is -2.13. The predicted molar refractivity (Wildman–Crippen MR) is 78.5 cm³/mol. The molecule has 1 N–H and O–H groups in total. The first-order chi connectivity index (χ1) is 9.52. The van der Waals surface area contributed by atoms with E-state index in [0.717, 1.165) is 0 Å². The van der Waals surface area contributed by atoms with Crippen molar-refractivity contribution in [1.82, 2.24) is 4.98 Å². The quantitative estimate of drug-likeness (QED) is 0.882. The molecule has 0 spiro atoms. The normalized spacial score (nSPS) is 10.3. The Morgan fingerprint density at radius 2 is 2.00 bits per heavy atom. The van der Waals surface area contributed by atoms with E-state index < -0.39 is 5.97 Å². The second-order valence-corrected chi connectivity index (χ2v) is 4.79. The van der Waals surface area contributed by atoms with Crippen molar-refractivity contribution in [1.29, 1.82) is 0 Å². The molecule has 0 atom stereocenters. The van der Waals surface area contributed by atoms with Crippen LogP contribution in [-0.4, -0.2) is 17.6 Å². The molecular formula is C14H11Cl2NO3. The van der Waals surface area contributed by atoms with E-state index in [9.17, 15) is 9.59 Å². The van der Waals surface area contributed by atoms with Crippen LogP contribution in [0.25, 0.3) is 11.1 Å². The van der Waals surface area contributed by atoms with Gasteiger partial charge in [-0.25, -0.2) is 4.79 Å². The molecule has 0 saturated heterocycles. The van der Waals surface area contributed by atoms with Crippen LogP contribution in [0.5, 0.6) is 0 Å². The molecule has 2 rings (SSSR count). The van der Waals surface area contributed by atoms with Crippen LogP contribution in [0.2, 0.25) is 10.0 Å². The maximum atomic E-state index is 11.9. The molecule has 2 aromatic rings. The standard InChI is InChI=1S/C14H11Cl2NO3/c1-2-20-14(19)9-5-10(13(18)17-7-9)8-3-4-11(15)12(16)6-8/h3-7H,2H2,1H3,(H,17,18). The van der Waals surface area contributed by atoms with Crippen LogP contribution in [0, 0.1) is 0 Å². The number of hydrogen-bond acceptors (Lipinski definition) is 3. The minimum atomic E-state index is -0.495. The van der Waals surface area contributed by atoms with Crippen LogP contribution in [0.1, 0.15) is 17.3 Å². The minimum absolute atomic E-state index is 0.264. The summed E-state index contributed by atoms with van der Waals surface area (Å²) in [5.41, 5.74) is 0.852. The number of aromatic nitrogens is 1. The molecule has 0 radical (unpaired) electrons. The van der Waals surface area contributed by atoms with Crippen molar-refractivity contribution in [3.05, 3.63) is 56.4 Å². The number of halogens is 2. The number of esters is 1. The van der Waals surface area contributed by atoms with E-state index in [2.05, 4.69) is 4.98 Å². The minimum Gasteiger partial charge on any atom is -0.462 e. The first-order valence-corrected chi connectivity index (χ1v) is 6.63. The third-order valence-electron chi connectivity index (χ3n) is 2.64. The van der Waals surface area contributed by atoms with E-state index in [0.29, 0.717) is 21.2 Å². The summed E-state index contributed by atoms with van der Waals surface area (Å²) in [6.45, 7) is 1.98. The number of hydrogen-bond donors (Lipinski definition) is 1. The fraction of sp³-hybridized carbons (Fsp3) is 0.143. The number of benzene rings is 1. The number of H-pyrrole nitrogens is 1. The summed E-state index contributed by atoms with van der Waals surface area (Å²) in [5, 5.41) is 0.735. The molecular weight excluding hydrogens is 301 g/mol. The van der Waals surface area contributed by atoms with Crippen molar-refractivity contribution in [3.8, 4) is 11.1 Å². The Hall–Kier alpha value is -1.78. The maximum Gasteiger partial charge on any atom is 0.339 e. The number of rotatable bonds is 3. The number of aromatic amines is 1. The van der Waals surface area contributed by atoms with Crippen molar-refractivity contribution in [2.75, 3.05) is 6.61 Å². The number of nitrogens with one attached hydrogen (secondary N) is 1. The molecule has 0 fully saturated rings. The van der Waals surface area contributed by atoms with Gasteiger partial charge in [-0.15, -0.1) is 0 Å². The molecule has 1 aromatic carbocycles. The van der Waals surface area contributed by atoms with Crippen LogP contribution in [0.3, 0.4) is 0 Å². The molecule has 0 saturated carbocycles. The van der Waals surface area contributed by atoms with Gasteiger partial charge in [0.15, 0.2) is 0 Å². The van der Waals surface area contributed by atoms with Crippen LogP contribution in [0.15, 0.2) is 35.3 Å². The van der Waals surface area contributed by atoms with Crippen molar-refractivity contribution in [3.63, 3.8) is 0 Å². The topological polar surface area (TPSA) is 59.2 Å². The smallest absolute Gasteiger partial charge is 0.339 e. The molecule has 0 unspecified atom stereocenters. The first-order valence-electron chi connectivity index (χ1n) is 5.88. The number of ether oxygens (including phenoxy) is 1. The van der Waals surface area contributed by atoms with Crippen molar-refractivity contribution >= 4 is 29.2 Å². The van der Waals surface area contributed by atoms with Crippen molar-refractivity contribution in [2.45, 2.75) is 6.92 Å². The Morgan fingerprint density at radius 1 is 1.25 bits per heavy atom. The maximum absolute atomic E-state index is 11.9. The molecule has 0 aliphatic heterocycles. The van der Waals surface area contributed by atoms with E-state index in [1.165, 1.54) is 12.3 Å². The zero-order valence-corrected chi connectivity index (χ0v) is 12.1. The summed E-state index contributed by atoms with van der Waals surface area (Å²) in [6.07, 6.45) is 1.32. The van der Waals surface area contributed by atoms with Crippen molar-refractivity contribution < 1.29 is 9.53 Å². The number of carbonyl (C=O) groups excluding carboxylic acids is 1. The molecule has 20 heavy (non-hydrogen) atoms. The molecule has 0 amide bonds. The Labute approximate surface area is 125 Å². The van der Waals surface area contributed by atoms with Crippen LogP contribution in [-0.2, 0) is 4.74 Å². The zero-order chi connectivity index (χ0) is 14.7. The van der Waals surface area contributed by atoms with E-state index in [1.54, 1.807) is 25.1 Å². The summed E-state index contributed by atoms with van der Waals surface area (Å²) >= 11 is 11.8. The molecule has 4 nitrogen and oxygen atoms in total. The summed E-state index contributed by atoms with van der Waals surface area (Å²) in [6, 6.07) is 6.29. The summed E-state index contributed by atoms with van der Waals surface area (Å²) < 4.78 is 4.89. The van der Waals surface area contributed by atoms with Gasteiger partial charge in [-0.2, -0.15) is 0 Å². The van der Waals surface area contributed by atoms with E-state index >= 15 is 0 Å². The second-order valence-electron chi connectivity index (χ2n) is 3.98. The molecule has 1 aromatic heterocycles. The van der Waals surface area contributed by atoms with E-state index in [4.69, 9.17) is 27.9 Å². The van der Waals surface area contributed by atoms with Gasteiger partial charge in [-0.1, -0.05) is 29.3 Å². The van der Waals surface area contributed by atoms with Gasteiger partial charge >= 0.3 is 5.97 Å². The number of pyridine rings is 1. The van der Waals surface area contributed by atoms with Crippen LogP contribution < -0.4 is 5.56 Å². The zero-order valence-electron chi connectivity index (χ0n) is 10.6. The highest BCUT2D eigenvalue weighted by Gasteiger charge is 2.12. The molecule has 0 aliphatic rings. The highest BCUT2D eigenvalue weighted by atomic mass is 35.5. The predicted octanol–water partition coefficient (Wildman–Crippen LogP) is 3.53. The lowest BCUT2D eigenvalue weighted by molar-refractivity contribution is 0.0526. The highest BCUT2D eigenvalue weighted by Crippen LogP contribution is 2.27. The van der Waals surface area contributed by atoms with Gasteiger partial charge in [0, 0.05) is 11.8 Å². The third kappa shape index (κ3) is 3.03. The van der Waals surface area contributed by atoms with Gasteiger partial charge in [0.25, 0.3) is 5.56 Å². The lowest BCUT2D eigenvalue weighted by atomic mass is 10.1. The summed E-state index contributed by atoms with van der Waals surface area (Å²) in [7, 11) is 0. The Kier molecular flexibility index (Phi) is 4.47. The highest BCUT2D eigenvalue weighted by molar-refractivity contribution is 6.42. The Balaban J connectivity index is 2.50. The van der Waals surface area contributed by atoms with E-state index in [1.807, 2.05) is 0 Å². The molecule has 1 heterocycles. The average Bonchev–Trinajstić information content (AvgIpc) is 2.43. The fourth-order valence-electron chi connectivity index (χ4n) is 1.69. The molecule has 6 heteroatoms. The SMILES string of the molecule is CCOC(=O)c1c[nH]c(=O)c(-c2ccc(Cl)c(Cl)c2)c1. The monoisotopic (exact) mass is 311 g/mol. The van der Waals surface area contributed by atoms with Crippen molar-refractivity contribution in [2.24, 2.45) is 0 Å². The Morgan fingerprint density at radius 3 is 2.65 bits per heavy atom. The molecule has 0 aliphatic carbocycles. The number of carbonyl (C=O) groups is 1. The van der Waals surface area contributed by atoms with Gasteiger partial charge in [0.05, 0.1) is 22.2 Å². The van der Waals surface area contributed by atoms with Crippen LogP contribution >= 0.6 is 23.2 Å². The van der Waals surface area contributed by atoms with Crippen LogP contribution in [0.4, 0.5) is 0 Å². The first kappa shape index (κ1) is 14.6. The van der Waals surface area contributed by atoms with Gasteiger partial charge in [-0.3, -0.25) is 4.79 Å². The molecule has 0 bridgehead atoms. The van der Waals surface area contributed by atoms with Gasteiger partial charge < -0.3 is 9.72 Å². The summed E-state index contributed by atoms with van der Waals surface area (Å²) in [5.74, 6) is -0.495. The van der Waals surface area contributed by atoms with Gasteiger partial charge in [0.1, 0.15) is 0 Å². The second kappa shape index (κ2) is 6.11. The Bertz CT molecular complexity index is 710. The summed E-state index contributed by atoms with van der Waals surface area (Å²) in [4.78, 5) is 26.0.